The molecule has 4 rings (SSSR count). The van der Waals surface area contributed by atoms with E-state index in [0.29, 0.717) is 19.3 Å². The summed E-state index contributed by atoms with van der Waals surface area (Å²) in [4.78, 5) is 37.3. The predicted molar refractivity (Wildman–Crippen MR) is 123 cm³/mol. The Labute approximate surface area is 196 Å². The van der Waals surface area contributed by atoms with E-state index in [1.165, 1.54) is 0 Å². The Hall–Kier alpha value is -1.79. The number of hydrogen-bond acceptors (Lipinski definition) is 6. The average Bonchev–Trinajstić information content (AvgIpc) is 2.96. The van der Waals surface area contributed by atoms with Crippen molar-refractivity contribution in [2.45, 2.75) is 84.8 Å². The van der Waals surface area contributed by atoms with E-state index in [4.69, 9.17) is 4.74 Å². The first-order valence-corrected chi connectivity index (χ1v) is 12.2. The van der Waals surface area contributed by atoms with Gasteiger partial charge in [-0.25, -0.2) is 0 Å². The van der Waals surface area contributed by atoms with Crippen molar-refractivity contribution < 1.29 is 29.3 Å². The summed E-state index contributed by atoms with van der Waals surface area (Å²) in [5, 5.41) is 23.1. The van der Waals surface area contributed by atoms with Gasteiger partial charge in [-0.3, -0.25) is 14.4 Å². The lowest BCUT2D eigenvalue weighted by molar-refractivity contribution is -0.181. The number of Topliss-reactive ketones (excluding diaryl/α,β-unsaturated/α-hetero) is 1. The Morgan fingerprint density at radius 3 is 2.58 bits per heavy atom. The highest BCUT2D eigenvalue weighted by atomic mass is 16.5. The molecule has 0 bridgehead atoms. The molecule has 182 valence electrons. The van der Waals surface area contributed by atoms with Crippen LogP contribution >= 0.6 is 0 Å². The number of ketones is 2. The highest BCUT2D eigenvalue weighted by molar-refractivity contribution is 6.01. The number of carbonyl (C=O) groups is 3. The van der Waals surface area contributed by atoms with E-state index in [9.17, 15) is 24.6 Å². The lowest BCUT2D eigenvalue weighted by atomic mass is 9.46. The molecule has 0 aromatic heterocycles. The molecule has 0 aromatic carbocycles. The highest BCUT2D eigenvalue weighted by Crippen LogP contribution is 2.67. The van der Waals surface area contributed by atoms with Crippen molar-refractivity contribution in [1.82, 2.24) is 0 Å². The van der Waals surface area contributed by atoms with Crippen molar-refractivity contribution in [2.24, 2.45) is 34.0 Å². The molecular formula is C27H38O6. The quantitative estimate of drug-likeness (QED) is 0.625. The second-order valence-electron chi connectivity index (χ2n) is 12.4. The van der Waals surface area contributed by atoms with Gasteiger partial charge in [0.25, 0.3) is 0 Å². The zero-order valence-corrected chi connectivity index (χ0v) is 20.5. The smallest absolute Gasteiger partial charge is 0.306 e. The van der Waals surface area contributed by atoms with Gasteiger partial charge in [-0.15, -0.1) is 0 Å². The van der Waals surface area contributed by atoms with E-state index in [2.05, 4.69) is 6.92 Å². The van der Waals surface area contributed by atoms with Crippen molar-refractivity contribution in [3.05, 3.63) is 23.8 Å². The molecule has 6 nitrogen and oxygen atoms in total. The lowest BCUT2D eigenvalue weighted by Crippen LogP contribution is -2.61. The monoisotopic (exact) mass is 458 g/mol. The van der Waals surface area contributed by atoms with Gasteiger partial charge in [0.1, 0.15) is 5.60 Å². The standard InChI is InChI=1S/C27H38O6/c1-24(2,3)14-22(31)33-15-21(30)27(32)11-9-19-18-7-6-16-12-17(28)8-10-25(16,4)23(18)20(29)13-26(19,27)5/h8,10,12,18-20,23,29,32H,6-7,9,11,13-15H2,1-5H3/t18-,19-,20-,23+,25+,26-,27-/m0/s1. The SMILES string of the molecule is CC(C)(C)CC(=O)OCC(=O)[C@@]1(O)CC[C@H]2[C@@H]3CCC4=CC(=O)C=C[C@@]4(C)[C@H]3[C@@H](O)C[C@@]21C. The summed E-state index contributed by atoms with van der Waals surface area (Å²) in [7, 11) is 0. The number of hydrogen-bond donors (Lipinski definition) is 2. The molecule has 0 aliphatic heterocycles. The fourth-order valence-corrected chi connectivity index (χ4v) is 7.54. The minimum atomic E-state index is -1.62. The van der Waals surface area contributed by atoms with Crippen LogP contribution in [-0.4, -0.2) is 46.1 Å². The van der Waals surface area contributed by atoms with Gasteiger partial charge in [-0.1, -0.05) is 46.3 Å². The number of aliphatic hydroxyl groups excluding tert-OH is 1. The average molecular weight is 459 g/mol. The zero-order chi connectivity index (χ0) is 24.4. The molecule has 0 unspecified atom stereocenters. The van der Waals surface area contributed by atoms with Crippen molar-refractivity contribution in [2.75, 3.05) is 6.61 Å². The highest BCUT2D eigenvalue weighted by Gasteiger charge is 2.68. The van der Waals surface area contributed by atoms with Crippen LogP contribution in [-0.2, 0) is 19.1 Å². The molecule has 4 aliphatic carbocycles. The normalized spacial score (nSPS) is 42.2. The third-order valence-electron chi connectivity index (χ3n) is 9.15. The van der Waals surface area contributed by atoms with E-state index in [1.807, 2.05) is 33.8 Å². The number of esters is 1. The Morgan fingerprint density at radius 2 is 1.91 bits per heavy atom. The summed E-state index contributed by atoms with van der Waals surface area (Å²) in [5.41, 5.74) is -1.96. The van der Waals surface area contributed by atoms with E-state index in [-0.39, 0.29) is 40.8 Å². The number of aliphatic hydroxyl groups is 2. The first kappa shape index (κ1) is 24.3. The van der Waals surface area contributed by atoms with Crippen LogP contribution in [0.25, 0.3) is 0 Å². The molecule has 3 saturated carbocycles. The summed E-state index contributed by atoms with van der Waals surface area (Å²) in [6.07, 6.45) is 7.70. The lowest BCUT2D eigenvalue weighted by Gasteiger charge is -2.59. The third-order valence-corrected chi connectivity index (χ3v) is 9.15. The van der Waals surface area contributed by atoms with E-state index in [0.717, 1.165) is 18.4 Å². The predicted octanol–water partition coefficient (Wildman–Crippen LogP) is 3.54. The van der Waals surface area contributed by atoms with Crippen LogP contribution < -0.4 is 0 Å². The van der Waals surface area contributed by atoms with E-state index < -0.39 is 35.5 Å². The first-order chi connectivity index (χ1) is 15.2. The molecule has 6 heteroatoms. The molecule has 4 aliphatic rings. The number of ether oxygens (including phenoxy) is 1. The van der Waals surface area contributed by atoms with Gasteiger partial charge in [0.2, 0.25) is 5.78 Å². The number of allylic oxidation sites excluding steroid dienone is 4. The Bertz CT molecular complexity index is 925. The van der Waals surface area contributed by atoms with Crippen LogP contribution in [0.3, 0.4) is 0 Å². The molecule has 2 N–H and O–H groups in total. The second kappa shape index (κ2) is 7.88. The minimum Gasteiger partial charge on any atom is -0.458 e. The molecule has 33 heavy (non-hydrogen) atoms. The Morgan fingerprint density at radius 1 is 1.21 bits per heavy atom. The maximum atomic E-state index is 13.2. The largest absolute Gasteiger partial charge is 0.458 e. The molecule has 0 saturated heterocycles. The maximum Gasteiger partial charge on any atom is 0.306 e. The molecule has 0 radical (unpaired) electrons. The van der Waals surface area contributed by atoms with Crippen LogP contribution in [0.1, 0.15) is 73.1 Å². The molecule has 0 aromatic rings. The van der Waals surface area contributed by atoms with Gasteiger partial charge in [0.15, 0.2) is 12.4 Å². The van der Waals surface area contributed by atoms with Gasteiger partial charge in [-0.2, -0.15) is 0 Å². The molecule has 3 fully saturated rings. The minimum absolute atomic E-state index is 0.00194. The van der Waals surface area contributed by atoms with E-state index in [1.54, 1.807) is 12.2 Å². The summed E-state index contributed by atoms with van der Waals surface area (Å²) < 4.78 is 5.25. The molecule has 0 spiro atoms. The van der Waals surface area contributed by atoms with Gasteiger partial charge < -0.3 is 14.9 Å². The van der Waals surface area contributed by atoms with Crippen molar-refractivity contribution >= 4 is 17.5 Å². The Kier molecular flexibility index (Phi) is 5.81. The van der Waals surface area contributed by atoms with E-state index >= 15 is 0 Å². The second-order valence-corrected chi connectivity index (χ2v) is 12.4. The van der Waals surface area contributed by atoms with Crippen LogP contribution in [0.5, 0.6) is 0 Å². The fraction of sp³-hybridized carbons (Fsp3) is 0.741. The summed E-state index contributed by atoms with van der Waals surface area (Å²) in [6.45, 7) is 9.37. The van der Waals surface area contributed by atoms with Crippen molar-refractivity contribution in [3.8, 4) is 0 Å². The van der Waals surface area contributed by atoms with Crippen molar-refractivity contribution in [3.63, 3.8) is 0 Å². The number of fused-ring (bicyclic) bond motifs is 5. The Balaban J connectivity index is 1.55. The molecule has 0 amide bonds. The van der Waals surface area contributed by atoms with Crippen molar-refractivity contribution in [1.29, 1.82) is 0 Å². The fourth-order valence-electron chi connectivity index (χ4n) is 7.54. The van der Waals surface area contributed by atoms with Gasteiger partial charge in [0, 0.05) is 16.7 Å². The van der Waals surface area contributed by atoms with Crippen LogP contribution in [0.4, 0.5) is 0 Å². The number of carbonyl (C=O) groups excluding carboxylic acids is 3. The molecular weight excluding hydrogens is 420 g/mol. The molecule has 7 atom stereocenters. The maximum absolute atomic E-state index is 13.2. The topological polar surface area (TPSA) is 101 Å². The zero-order valence-electron chi connectivity index (χ0n) is 20.5. The third kappa shape index (κ3) is 3.83. The van der Waals surface area contributed by atoms with Crippen LogP contribution in [0.15, 0.2) is 23.8 Å². The first-order valence-electron chi connectivity index (χ1n) is 12.2. The number of rotatable bonds is 4. The summed E-state index contributed by atoms with van der Waals surface area (Å²) in [6, 6.07) is 0. The summed E-state index contributed by atoms with van der Waals surface area (Å²) >= 11 is 0. The molecule has 0 heterocycles. The van der Waals surface area contributed by atoms with Gasteiger partial charge >= 0.3 is 5.97 Å². The van der Waals surface area contributed by atoms with Gasteiger partial charge in [0.05, 0.1) is 12.5 Å². The summed E-state index contributed by atoms with van der Waals surface area (Å²) in [5.74, 6) is -0.745. The van der Waals surface area contributed by atoms with Gasteiger partial charge in [-0.05, 0) is 61.5 Å². The van der Waals surface area contributed by atoms with Crippen LogP contribution in [0.2, 0.25) is 0 Å². The van der Waals surface area contributed by atoms with Crippen LogP contribution in [0, 0.1) is 34.0 Å².